The zero-order chi connectivity index (χ0) is 21.7. The summed E-state index contributed by atoms with van der Waals surface area (Å²) in [5, 5.41) is 8.13. The van der Waals surface area contributed by atoms with E-state index in [4.69, 9.17) is 10.5 Å². The van der Waals surface area contributed by atoms with Crippen LogP contribution in [0.15, 0.2) is 48.7 Å². The minimum absolute atomic E-state index is 0.287. The van der Waals surface area contributed by atoms with Crippen LogP contribution in [0.2, 0.25) is 0 Å². The average molecular weight is 427 g/mol. The maximum atomic E-state index is 12.9. The second-order valence-corrected chi connectivity index (χ2v) is 9.07. The second kappa shape index (κ2) is 9.13. The van der Waals surface area contributed by atoms with Crippen molar-refractivity contribution in [3.63, 3.8) is 0 Å². The van der Waals surface area contributed by atoms with Gasteiger partial charge in [0, 0.05) is 17.5 Å². The van der Waals surface area contributed by atoms with Crippen molar-refractivity contribution in [2.75, 3.05) is 5.73 Å². The van der Waals surface area contributed by atoms with Gasteiger partial charge in [-0.05, 0) is 37.1 Å². The van der Waals surface area contributed by atoms with Crippen LogP contribution in [0.4, 0.5) is 9.93 Å². The van der Waals surface area contributed by atoms with Crippen LogP contribution < -0.4 is 16.4 Å². The van der Waals surface area contributed by atoms with Crippen molar-refractivity contribution in [2.45, 2.75) is 45.4 Å². The minimum atomic E-state index is -0.795. The Bertz CT molecular complexity index is 1040. The van der Waals surface area contributed by atoms with Gasteiger partial charge in [-0.1, -0.05) is 42.5 Å². The predicted molar refractivity (Wildman–Crippen MR) is 119 cm³/mol. The highest BCUT2D eigenvalue weighted by Gasteiger charge is 2.25. The summed E-state index contributed by atoms with van der Waals surface area (Å²) in [6.07, 6.45) is 1.32. The monoisotopic (exact) mass is 426 g/mol. The van der Waals surface area contributed by atoms with Gasteiger partial charge in [0.15, 0.2) is 5.13 Å². The molecule has 8 heteroatoms. The standard InChI is InChI=1S/C22H26N4O3S/c1-22(2,3)29-21(28)26-18(19(27)24-12-16-13-25-20(23)30-16)11-15-9-6-8-14-7-4-5-10-17(14)15/h4-10,13,18H,11-12H2,1-3H3,(H2,23,25)(H,24,27)(H,26,28)/t18-/m0/s1. The Morgan fingerprint density at radius 1 is 1.17 bits per heavy atom. The molecule has 3 aromatic rings. The highest BCUT2D eigenvalue weighted by Crippen LogP contribution is 2.20. The number of thiazole rings is 1. The van der Waals surface area contributed by atoms with Gasteiger partial charge in [0.2, 0.25) is 5.91 Å². The van der Waals surface area contributed by atoms with Gasteiger partial charge in [0.1, 0.15) is 11.6 Å². The summed E-state index contributed by atoms with van der Waals surface area (Å²) >= 11 is 1.31. The summed E-state index contributed by atoms with van der Waals surface area (Å²) in [6.45, 7) is 5.62. The third-order valence-electron chi connectivity index (χ3n) is 4.32. The van der Waals surface area contributed by atoms with E-state index in [0.717, 1.165) is 21.2 Å². The number of nitrogens with zero attached hydrogens (tertiary/aromatic N) is 1. The third-order valence-corrected chi connectivity index (χ3v) is 5.15. The van der Waals surface area contributed by atoms with E-state index in [0.29, 0.717) is 11.6 Å². The summed E-state index contributed by atoms with van der Waals surface area (Å²) < 4.78 is 5.36. The Balaban J connectivity index is 1.78. The maximum Gasteiger partial charge on any atom is 0.408 e. The van der Waals surface area contributed by atoms with Crippen LogP contribution in [-0.4, -0.2) is 28.6 Å². The molecule has 0 unspecified atom stereocenters. The van der Waals surface area contributed by atoms with Gasteiger partial charge < -0.3 is 21.1 Å². The number of rotatable bonds is 6. The normalized spacial score (nSPS) is 12.4. The predicted octanol–water partition coefficient (Wildman–Crippen LogP) is 3.63. The van der Waals surface area contributed by atoms with E-state index in [1.165, 1.54) is 11.3 Å². The number of amides is 2. The number of benzene rings is 2. The number of aromatic nitrogens is 1. The van der Waals surface area contributed by atoms with Crippen LogP contribution in [0.5, 0.6) is 0 Å². The molecule has 30 heavy (non-hydrogen) atoms. The molecule has 0 aliphatic carbocycles. The molecule has 2 aromatic carbocycles. The van der Waals surface area contributed by atoms with E-state index in [9.17, 15) is 9.59 Å². The fourth-order valence-electron chi connectivity index (χ4n) is 3.05. The van der Waals surface area contributed by atoms with E-state index < -0.39 is 17.7 Å². The van der Waals surface area contributed by atoms with Crippen molar-refractivity contribution in [1.82, 2.24) is 15.6 Å². The van der Waals surface area contributed by atoms with Crippen LogP contribution in [0.3, 0.4) is 0 Å². The summed E-state index contributed by atoms with van der Waals surface area (Å²) in [5.74, 6) is -0.305. The lowest BCUT2D eigenvalue weighted by Gasteiger charge is -2.23. The minimum Gasteiger partial charge on any atom is -0.444 e. The Hall–Kier alpha value is -3.13. The van der Waals surface area contributed by atoms with E-state index in [1.54, 1.807) is 27.0 Å². The van der Waals surface area contributed by atoms with Crippen LogP contribution in [-0.2, 0) is 22.5 Å². The Morgan fingerprint density at radius 2 is 1.90 bits per heavy atom. The summed E-state index contributed by atoms with van der Waals surface area (Å²) in [6, 6.07) is 13.1. The van der Waals surface area contributed by atoms with Crippen LogP contribution in [0.1, 0.15) is 31.2 Å². The molecule has 0 aliphatic heterocycles. The smallest absolute Gasteiger partial charge is 0.408 e. The fraction of sp³-hybridized carbons (Fsp3) is 0.318. The topological polar surface area (TPSA) is 106 Å². The van der Waals surface area contributed by atoms with Crippen molar-refractivity contribution in [3.05, 3.63) is 59.1 Å². The molecule has 0 aliphatic rings. The first-order chi connectivity index (χ1) is 14.2. The van der Waals surface area contributed by atoms with Crippen molar-refractivity contribution < 1.29 is 14.3 Å². The largest absolute Gasteiger partial charge is 0.444 e. The summed E-state index contributed by atoms with van der Waals surface area (Å²) in [7, 11) is 0. The van der Waals surface area contributed by atoms with Gasteiger partial charge in [-0.15, -0.1) is 11.3 Å². The number of nitrogen functional groups attached to an aromatic ring is 1. The van der Waals surface area contributed by atoms with E-state index >= 15 is 0 Å². The number of ether oxygens (including phenoxy) is 1. The quantitative estimate of drug-likeness (QED) is 0.558. The first kappa shape index (κ1) is 21.6. The SMILES string of the molecule is CC(C)(C)OC(=O)N[C@@H](Cc1cccc2ccccc12)C(=O)NCc1cnc(N)s1. The lowest BCUT2D eigenvalue weighted by molar-refractivity contribution is -0.123. The van der Waals surface area contributed by atoms with Gasteiger partial charge in [0.05, 0.1) is 6.54 Å². The number of nitrogens with two attached hydrogens (primary N) is 1. The van der Waals surface area contributed by atoms with Crippen LogP contribution >= 0.6 is 11.3 Å². The maximum absolute atomic E-state index is 12.9. The molecule has 0 radical (unpaired) electrons. The zero-order valence-electron chi connectivity index (χ0n) is 17.3. The molecule has 1 heterocycles. The van der Waals surface area contributed by atoms with Gasteiger partial charge >= 0.3 is 6.09 Å². The molecule has 3 rings (SSSR count). The van der Waals surface area contributed by atoms with Crippen molar-refractivity contribution in [1.29, 1.82) is 0 Å². The Kier molecular flexibility index (Phi) is 6.56. The first-order valence-electron chi connectivity index (χ1n) is 9.65. The molecule has 1 aromatic heterocycles. The molecule has 4 N–H and O–H groups in total. The average Bonchev–Trinajstić information content (AvgIpc) is 3.09. The van der Waals surface area contributed by atoms with Crippen LogP contribution in [0, 0.1) is 0 Å². The number of fused-ring (bicyclic) bond motifs is 1. The third kappa shape index (κ3) is 5.93. The number of anilines is 1. The molecule has 0 bridgehead atoms. The molecular weight excluding hydrogens is 400 g/mol. The molecule has 2 amide bonds. The number of carbonyl (C=O) groups excluding carboxylic acids is 2. The van der Waals surface area contributed by atoms with Crippen molar-refractivity contribution in [2.24, 2.45) is 0 Å². The lowest BCUT2D eigenvalue weighted by Crippen LogP contribution is -2.49. The Morgan fingerprint density at radius 3 is 2.60 bits per heavy atom. The molecular formula is C22H26N4O3S. The van der Waals surface area contributed by atoms with Crippen molar-refractivity contribution >= 4 is 39.2 Å². The number of alkyl carbamates (subject to hydrolysis) is 1. The highest BCUT2D eigenvalue weighted by atomic mass is 32.1. The number of hydrogen-bond donors (Lipinski definition) is 3. The van der Waals surface area contributed by atoms with Gasteiger partial charge in [-0.3, -0.25) is 4.79 Å². The van der Waals surface area contributed by atoms with Crippen molar-refractivity contribution in [3.8, 4) is 0 Å². The fourth-order valence-corrected chi connectivity index (χ4v) is 3.68. The van der Waals surface area contributed by atoms with Gasteiger partial charge in [-0.2, -0.15) is 0 Å². The first-order valence-corrected chi connectivity index (χ1v) is 10.5. The van der Waals surface area contributed by atoms with E-state index in [2.05, 4.69) is 15.6 Å². The molecule has 1 atom stereocenters. The van der Waals surface area contributed by atoms with Gasteiger partial charge in [-0.25, -0.2) is 9.78 Å². The summed E-state index contributed by atoms with van der Waals surface area (Å²) in [5.41, 5.74) is 5.95. The highest BCUT2D eigenvalue weighted by molar-refractivity contribution is 7.15. The van der Waals surface area contributed by atoms with Crippen LogP contribution in [0.25, 0.3) is 10.8 Å². The molecule has 0 saturated carbocycles. The summed E-state index contributed by atoms with van der Waals surface area (Å²) in [4.78, 5) is 30.1. The number of hydrogen-bond acceptors (Lipinski definition) is 6. The van der Waals surface area contributed by atoms with E-state index in [-0.39, 0.29) is 12.5 Å². The molecule has 0 fully saturated rings. The molecule has 0 saturated heterocycles. The zero-order valence-corrected chi connectivity index (χ0v) is 18.1. The molecule has 7 nitrogen and oxygen atoms in total. The Labute approximate surface area is 179 Å². The molecule has 0 spiro atoms. The number of nitrogens with one attached hydrogen (secondary N) is 2. The van der Waals surface area contributed by atoms with E-state index in [1.807, 2.05) is 42.5 Å². The lowest BCUT2D eigenvalue weighted by atomic mass is 9.98. The molecule has 158 valence electrons. The second-order valence-electron chi connectivity index (χ2n) is 7.92. The van der Waals surface area contributed by atoms with Gasteiger partial charge in [0.25, 0.3) is 0 Å². The number of carbonyl (C=O) groups is 2.